The van der Waals surface area contributed by atoms with Gasteiger partial charge in [0.2, 0.25) is 5.91 Å². The molecule has 0 heterocycles. The third kappa shape index (κ3) is 30.0. The summed E-state index contributed by atoms with van der Waals surface area (Å²) in [6.45, 7) is 4.47. The van der Waals surface area contributed by atoms with Crippen LogP contribution in [0.2, 0.25) is 0 Å². The molecule has 0 rings (SSSR count). The molecule has 0 aliphatic heterocycles. The van der Waals surface area contributed by atoms with Gasteiger partial charge in [0.15, 0.2) is 0 Å². The lowest BCUT2D eigenvalue weighted by molar-refractivity contribution is -0.122. The average Bonchev–Trinajstić information content (AvgIpc) is 2.94. The molecule has 0 aromatic heterocycles. The first-order chi connectivity index (χ1) is 20.3. The Kier molecular flexibility index (Phi) is 28.6. The molecule has 6 nitrogen and oxygen atoms in total. The Balaban J connectivity index is 4.11. The van der Waals surface area contributed by atoms with Crippen molar-refractivity contribution in [3.8, 4) is 0 Å². The van der Waals surface area contributed by atoms with Crippen molar-refractivity contribution in [1.29, 1.82) is 0 Å². The van der Waals surface area contributed by atoms with E-state index in [1.807, 2.05) is 0 Å². The number of allylic oxidation sites excluding steroid dienone is 5. The van der Waals surface area contributed by atoms with Crippen molar-refractivity contribution in [2.24, 2.45) is 0 Å². The maximum atomic E-state index is 12.4. The van der Waals surface area contributed by atoms with Crippen LogP contribution in [0.25, 0.3) is 0 Å². The molecule has 0 aromatic carbocycles. The van der Waals surface area contributed by atoms with Crippen LogP contribution in [0.4, 0.5) is 0 Å². The smallest absolute Gasteiger partial charge is 0.267 e. The Morgan fingerprint density at radius 2 is 1.02 bits per heavy atom. The van der Waals surface area contributed by atoms with Crippen LogP contribution < -0.4 is 5.32 Å². The number of carbonyl (C=O) groups excluding carboxylic acids is 1. The fourth-order valence-corrected chi connectivity index (χ4v) is 5.66. The predicted molar refractivity (Wildman–Crippen MR) is 179 cm³/mol. The van der Waals surface area contributed by atoms with E-state index >= 15 is 0 Å². The van der Waals surface area contributed by atoms with Gasteiger partial charge in [0, 0.05) is 6.42 Å². The molecule has 0 spiro atoms. The Bertz CT molecular complexity index is 806. The molecule has 2 unspecified atom stereocenters. The van der Waals surface area contributed by atoms with Crippen LogP contribution in [0.15, 0.2) is 36.5 Å². The number of rotatable bonds is 30. The highest BCUT2D eigenvalue weighted by Gasteiger charge is 2.24. The summed E-state index contributed by atoms with van der Waals surface area (Å²) in [5.41, 5.74) is 0. The molecule has 246 valence electrons. The van der Waals surface area contributed by atoms with Crippen LogP contribution in [0.3, 0.4) is 0 Å². The minimum Gasteiger partial charge on any atom is -0.387 e. The van der Waals surface area contributed by atoms with Gasteiger partial charge in [-0.05, 0) is 57.8 Å². The molecule has 3 N–H and O–H groups in total. The van der Waals surface area contributed by atoms with Gasteiger partial charge in [-0.25, -0.2) is 0 Å². The van der Waals surface area contributed by atoms with Crippen molar-refractivity contribution in [2.75, 3.05) is 5.75 Å². The summed E-state index contributed by atoms with van der Waals surface area (Å²) in [4.78, 5) is 12.4. The summed E-state index contributed by atoms with van der Waals surface area (Å²) in [6.07, 6.45) is 36.9. The predicted octanol–water partition coefficient (Wildman–Crippen LogP) is 9.40. The molecule has 0 radical (unpaired) electrons. The Morgan fingerprint density at radius 1 is 0.619 bits per heavy atom. The molecule has 42 heavy (non-hydrogen) atoms. The third-order valence-corrected chi connectivity index (χ3v) is 8.32. The number of amides is 1. The molecule has 0 aliphatic rings. The fraction of sp³-hybridized carbons (Fsp3) is 0.800. The number of nitrogens with one attached hydrogen (secondary N) is 1. The molecule has 0 fully saturated rings. The number of unbranched alkanes of at least 4 members (excludes halogenated alkanes) is 18. The molecular formula is C35H65NO5S. The van der Waals surface area contributed by atoms with Gasteiger partial charge in [0.1, 0.15) is 0 Å². The summed E-state index contributed by atoms with van der Waals surface area (Å²) in [5, 5.41) is 13.1. The summed E-state index contributed by atoms with van der Waals surface area (Å²) < 4.78 is 32.3. The topological polar surface area (TPSA) is 104 Å². The Labute approximate surface area is 259 Å². The fourth-order valence-electron chi connectivity index (χ4n) is 4.93. The van der Waals surface area contributed by atoms with Crippen molar-refractivity contribution in [2.45, 2.75) is 174 Å². The maximum absolute atomic E-state index is 12.4. The van der Waals surface area contributed by atoms with Gasteiger partial charge in [0.05, 0.1) is 17.9 Å². The first-order valence-electron chi connectivity index (χ1n) is 17.2. The van der Waals surface area contributed by atoms with Crippen molar-refractivity contribution < 1.29 is 22.9 Å². The van der Waals surface area contributed by atoms with Crippen LogP contribution in [0.1, 0.15) is 162 Å². The first kappa shape index (κ1) is 40.6. The molecule has 7 heteroatoms. The maximum Gasteiger partial charge on any atom is 0.267 e. The highest BCUT2D eigenvalue weighted by Crippen LogP contribution is 2.11. The quantitative estimate of drug-likeness (QED) is 0.0426. The van der Waals surface area contributed by atoms with E-state index in [4.69, 9.17) is 0 Å². The number of aliphatic hydroxyl groups is 1. The monoisotopic (exact) mass is 611 g/mol. The van der Waals surface area contributed by atoms with Gasteiger partial charge in [-0.3, -0.25) is 9.35 Å². The lowest BCUT2D eigenvalue weighted by atomic mass is 10.1. The van der Waals surface area contributed by atoms with E-state index in [1.54, 1.807) is 6.08 Å². The molecule has 1 amide bonds. The normalized spacial score (nSPS) is 13.9. The second kappa shape index (κ2) is 29.6. The zero-order chi connectivity index (χ0) is 31.2. The van der Waals surface area contributed by atoms with Crippen LogP contribution >= 0.6 is 0 Å². The largest absolute Gasteiger partial charge is 0.387 e. The highest BCUT2D eigenvalue weighted by molar-refractivity contribution is 7.85. The zero-order valence-electron chi connectivity index (χ0n) is 27.1. The van der Waals surface area contributed by atoms with Gasteiger partial charge >= 0.3 is 0 Å². The SMILES string of the molecule is CCCCCC/C=C\CCCCCCCC(=O)NC(CS(=O)(=O)O)C(O)/C=C/CC/C=C/CCCCCCCCCC. The average molecular weight is 612 g/mol. The van der Waals surface area contributed by atoms with Crippen LogP contribution in [0, 0.1) is 0 Å². The standard InChI is InChI=1S/C35H65NO5S/c1-3-5-7-9-11-13-15-17-19-20-22-24-26-28-30-34(37)33(32-42(39,40)41)36-35(38)31-29-27-25-23-21-18-16-14-12-10-8-6-4-2/h14,16,20,22,28,30,33-34,37H,3-13,15,17-19,21,23-27,29,31-32H2,1-2H3,(H,36,38)(H,39,40,41)/b16-14-,22-20+,30-28+. The van der Waals surface area contributed by atoms with E-state index in [2.05, 4.69) is 43.5 Å². The van der Waals surface area contributed by atoms with Crippen molar-refractivity contribution in [1.82, 2.24) is 5.32 Å². The van der Waals surface area contributed by atoms with Gasteiger partial charge in [-0.2, -0.15) is 8.42 Å². The Hall–Kier alpha value is -1.44. The van der Waals surface area contributed by atoms with Crippen molar-refractivity contribution >= 4 is 16.0 Å². The van der Waals surface area contributed by atoms with Gasteiger partial charge < -0.3 is 10.4 Å². The van der Waals surface area contributed by atoms with E-state index in [0.717, 1.165) is 51.4 Å². The van der Waals surface area contributed by atoms with Gasteiger partial charge in [0.25, 0.3) is 10.1 Å². The van der Waals surface area contributed by atoms with Crippen LogP contribution in [0.5, 0.6) is 0 Å². The molecule has 2 atom stereocenters. The number of hydrogen-bond acceptors (Lipinski definition) is 4. The van der Waals surface area contributed by atoms with Crippen LogP contribution in [-0.2, 0) is 14.9 Å². The minimum atomic E-state index is -4.35. The second-order valence-electron chi connectivity index (χ2n) is 11.8. The molecule has 0 saturated heterocycles. The van der Waals surface area contributed by atoms with E-state index in [0.29, 0.717) is 6.42 Å². The lowest BCUT2D eigenvalue weighted by Crippen LogP contribution is -2.46. The molecule has 0 aromatic rings. The molecular weight excluding hydrogens is 546 g/mol. The second-order valence-corrected chi connectivity index (χ2v) is 13.3. The third-order valence-electron chi connectivity index (χ3n) is 7.54. The number of hydrogen-bond donors (Lipinski definition) is 3. The number of carbonyl (C=O) groups is 1. The summed E-state index contributed by atoms with van der Waals surface area (Å²) >= 11 is 0. The lowest BCUT2D eigenvalue weighted by Gasteiger charge is -2.21. The van der Waals surface area contributed by atoms with Crippen LogP contribution in [-0.4, -0.2) is 41.9 Å². The van der Waals surface area contributed by atoms with E-state index < -0.39 is 28.0 Å². The van der Waals surface area contributed by atoms with E-state index in [9.17, 15) is 22.9 Å². The van der Waals surface area contributed by atoms with Gasteiger partial charge in [-0.15, -0.1) is 0 Å². The molecule has 0 aliphatic carbocycles. The summed E-state index contributed by atoms with van der Waals surface area (Å²) in [7, 11) is -4.35. The Morgan fingerprint density at radius 3 is 1.52 bits per heavy atom. The van der Waals surface area contributed by atoms with Crippen molar-refractivity contribution in [3.05, 3.63) is 36.5 Å². The summed E-state index contributed by atoms with van der Waals surface area (Å²) in [5.74, 6) is -1.01. The van der Waals surface area contributed by atoms with Crippen molar-refractivity contribution in [3.63, 3.8) is 0 Å². The highest BCUT2D eigenvalue weighted by atomic mass is 32.2. The van der Waals surface area contributed by atoms with Gasteiger partial charge in [-0.1, -0.05) is 134 Å². The zero-order valence-corrected chi connectivity index (χ0v) is 27.9. The summed E-state index contributed by atoms with van der Waals surface area (Å²) in [6, 6.07) is -1.07. The first-order valence-corrected chi connectivity index (χ1v) is 18.8. The molecule has 0 saturated carbocycles. The minimum absolute atomic E-state index is 0.278. The van der Waals surface area contributed by atoms with E-state index in [-0.39, 0.29) is 12.3 Å². The van der Waals surface area contributed by atoms with E-state index in [1.165, 1.54) is 89.5 Å². The molecule has 0 bridgehead atoms. The number of aliphatic hydroxyl groups excluding tert-OH is 1.